The first-order valence-corrected chi connectivity index (χ1v) is 16.3. The fourth-order valence-electron chi connectivity index (χ4n) is 4.59. The highest BCUT2D eigenvalue weighted by Crippen LogP contribution is 2.12. The Labute approximate surface area is 232 Å². The maximum Gasteiger partial charge on any atom is 0.0700 e. The monoisotopic (exact) mass is 530 g/mol. The Balaban J connectivity index is 3.71. The van der Waals surface area contributed by atoms with E-state index in [1.807, 2.05) is 0 Å². The Morgan fingerprint density at radius 1 is 0.351 bits per heavy atom. The summed E-state index contributed by atoms with van der Waals surface area (Å²) in [6.45, 7) is 13.4. The molecule has 0 saturated heterocycles. The summed E-state index contributed by atoms with van der Waals surface area (Å²) in [4.78, 5) is 2.63. The van der Waals surface area contributed by atoms with Crippen LogP contribution in [-0.4, -0.2) is 77.9 Å². The number of unbranched alkanes of at least 4 members (excludes halogenated alkanes) is 16. The van der Waals surface area contributed by atoms with Crippen LogP contribution in [0.4, 0.5) is 0 Å². The molecule has 0 aliphatic rings. The van der Waals surface area contributed by atoms with Crippen molar-refractivity contribution < 1.29 is 18.9 Å². The van der Waals surface area contributed by atoms with Gasteiger partial charge in [-0.2, -0.15) is 0 Å². The van der Waals surface area contributed by atoms with Crippen LogP contribution in [0.5, 0.6) is 0 Å². The summed E-state index contributed by atoms with van der Waals surface area (Å²) >= 11 is 0. The standard InChI is InChI=1S/C32H67NO4/c1-4-6-8-9-10-11-12-13-14-15-17-20-23-33(25-28-37-30-29-34-3)24-21-18-16-19-22-27-36-32-31-35-26-7-5-2/h4-32H2,1-3H3. The van der Waals surface area contributed by atoms with Gasteiger partial charge >= 0.3 is 0 Å². The van der Waals surface area contributed by atoms with Crippen molar-refractivity contribution in [2.24, 2.45) is 0 Å². The number of rotatable bonds is 33. The average Bonchev–Trinajstić information content (AvgIpc) is 2.91. The number of hydrogen-bond acceptors (Lipinski definition) is 5. The molecule has 5 nitrogen and oxygen atoms in total. The molecule has 0 heterocycles. The second-order valence-electron chi connectivity index (χ2n) is 10.7. The molecule has 0 saturated carbocycles. The van der Waals surface area contributed by atoms with E-state index in [4.69, 9.17) is 18.9 Å². The lowest BCUT2D eigenvalue weighted by Gasteiger charge is -2.22. The SMILES string of the molecule is CCCCCCCCCCCCCCN(CCCCCCCOCCOCCCC)CCOCCOC. The van der Waals surface area contributed by atoms with E-state index >= 15 is 0 Å². The van der Waals surface area contributed by atoms with Gasteiger partial charge in [-0.1, -0.05) is 110 Å². The molecule has 224 valence electrons. The molecule has 0 spiro atoms. The Morgan fingerprint density at radius 3 is 1.27 bits per heavy atom. The lowest BCUT2D eigenvalue weighted by Crippen LogP contribution is -2.30. The number of hydrogen-bond donors (Lipinski definition) is 0. The van der Waals surface area contributed by atoms with Gasteiger partial charge in [-0.25, -0.2) is 0 Å². The van der Waals surface area contributed by atoms with E-state index in [1.165, 1.54) is 129 Å². The summed E-state index contributed by atoms with van der Waals surface area (Å²) in [6, 6.07) is 0. The molecule has 0 amide bonds. The smallest absolute Gasteiger partial charge is 0.0700 e. The molecule has 0 aromatic rings. The average molecular weight is 530 g/mol. The predicted octanol–water partition coefficient (Wildman–Crippen LogP) is 8.44. The number of ether oxygens (including phenoxy) is 4. The van der Waals surface area contributed by atoms with E-state index in [-0.39, 0.29) is 0 Å². The summed E-state index contributed by atoms with van der Waals surface area (Å²) in [5, 5.41) is 0. The van der Waals surface area contributed by atoms with Crippen molar-refractivity contribution in [1.29, 1.82) is 0 Å². The first-order valence-electron chi connectivity index (χ1n) is 16.3. The topological polar surface area (TPSA) is 40.2 Å². The summed E-state index contributed by atoms with van der Waals surface area (Å²) in [5.41, 5.74) is 0. The normalized spacial score (nSPS) is 11.7. The minimum absolute atomic E-state index is 0.689. The summed E-state index contributed by atoms with van der Waals surface area (Å²) in [5.74, 6) is 0. The van der Waals surface area contributed by atoms with Gasteiger partial charge in [-0.3, -0.25) is 0 Å². The molecular weight excluding hydrogens is 462 g/mol. The number of nitrogens with zero attached hydrogens (tertiary/aromatic N) is 1. The molecule has 0 atom stereocenters. The lowest BCUT2D eigenvalue weighted by atomic mass is 10.1. The van der Waals surface area contributed by atoms with Crippen LogP contribution in [0.25, 0.3) is 0 Å². The molecule has 0 aliphatic carbocycles. The van der Waals surface area contributed by atoms with Crippen LogP contribution in [0.15, 0.2) is 0 Å². The molecule has 0 N–H and O–H groups in total. The number of methoxy groups -OCH3 is 1. The minimum Gasteiger partial charge on any atom is -0.382 e. The summed E-state index contributed by atoms with van der Waals surface area (Å²) in [6.07, 6.45) is 25.7. The molecule has 0 aromatic carbocycles. The lowest BCUT2D eigenvalue weighted by molar-refractivity contribution is 0.0452. The quantitative estimate of drug-likeness (QED) is 0.0798. The van der Waals surface area contributed by atoms with Crippen molar-refractivity contribution in [2.75, 3.05) is 73.0 Å². The van der Waals surface area contributed by atoms with Crippen molar-refractivity contribution in [1.82, 2.24) is 4.90 Å². The van der Waals surface area contributed by atoms with E-state index in [9.17, 15) is 0 Å². The second kappa shape index (κ2) is 33.8. The Morgan fingerprint density at radius 2 is 0.757 bits per heavy atom. The van der Waals surface area contributed by atoms with Crippen molar-refractivity contribution in [3.63, 3.8) is 0 Å². The van der Waals surface area contributed by atoms with Crippen LogP contribution >= 0.6 is 0 Å². The van der Waals surface area contributed by atoms with Crippen LogP contribution in [-0.2, 0) is 18.9 Å². The van der Waals surface area contributed by atoms with Crippen molar-refractivity contribution in [3.8, 4) is 0 Å². The largest absolute Gasteiger partial charge is 0.382 e. The molecule has 0 unspecified atom stereocenters. The third-order valence-electron chi connectivity index (χ3n) is 7.09. The maximum absolute atomic E-state index is 5.75. The molecule has 0 aromatic heterocycles. The van der Waals surface area contributed by atoms with Gasteiger partial charge in [0.25, 0.3) is 0 Å². The van der Waals surface area contributed by atoms with Gasteiger partial charge in [0.1, 0.15) is 0 Å². The first kappa shape index (κ1) is 36.8. The molecule has 5 heteroatoms. The Bertz CT molecular complexity index is 397. The van der Waals surface area contributed by atoms with E-state index in [1.54, 1.807) is 7.11 Å². The van der Waals surface area contributed by atoms with Gasteiger partial charge in [0, 0.05) is 26.9 Å². The van der Waals surface area contributed by atoms with Crippen LogP contribution < -0.4 is 0 Å². The zero-order valence-corrected chi connectivity index (χ0v) is 25.6. The van der Waals surface area contributed by atoms with Gasteiger partial charge in [0.15, 0.2) is 0 Å². The highest BCUT2D eigenvalue weighted by atomic mass is 16.5. The highest BCUT2D eigenvalue weighted by Gasteiger charge is 2.05. The van der Waals surface area contributed by atoms with Crippen LogP contribution in [0.2, 0.25) is 0 Å². The van der Waals surface area contributed by atoms with Gasteiger partial charge in [-0.15, -0.1) is 0 Å². The third kappa shape index (κ3) is 31.9. The Hall–Kier alpha value is -0.200. The third-order valence-corrected chi connectivity index (χ3v) is 7.09. The van der Waals surface area contributed by atoms with Crippen LogP contribution in [0, 0.1) is 0 Å². The first-order chi connectivity index (χ1) is 18.3. The van der Waals surface area contributed by atoms with Gasteiger partial charge < -0.3 is 23.8 Å². The second-order valence-corrected chi connectivity index (χ2v) is 10.7. The van der Waals surface area contributed by atoms with Crippen molar-refractivity contribution >= 4 is 0 Å². The van der Waals surface area contributed by atoms with Crippen LogP contribution in [0.1, 0.15) is 136 Å². The van der Waals surface area contributed by atoms with Crippen LogP contribution in [0.3, 0.4) is 0 Å². The fourth-order valence-corrected chi connectivity index (χ4v) is 4.59. The van der Waals surface area contributed by atoms with E-state index < -0.39 is 0 Å². The molecule has 37 heavy (non-hydrogen) atoms. The van der Waals surface area contributed by atoms with E-state index in [0.717, 1.165) is 46.0 Å². The zero-order chi connectivity index (χ0) is 26.9. The van der Waals surface area contributed by atoms with Crippen molar-refractivity contribution in [3.05, 3.63) is 0 Å². The van der Waals surface area contributed by atoms with Gasteiger partial charge in [-0.05, 0) is 38.8 Å². The van der Waals surface area contributed by atoms with E-state index in [0.29, 0.717) is 13.2 Å². The molecule has 0 bridgehead atoms. The zero-order valence-electron chi connectivity index (χ0n) is 25.6. The minimum atomic E-state index is 0.689. The maximum atomic E-state index is 5.75. The predicted molar refractivity (Wildman–Crippen MR) is 160 cm³/mol. The van der Waals surface area contributed by atoms with E-state index in [2.05, 4.69) is 18.7 Å². The van der Waals surface area contributed by atoms with Crippen molar-refractivity contribution in [2.45, 2.75) is 136 Å². The van der Waals surface area contributed by atoms with Gasteiger partial charge in [0.05, 0.1) is 33.0 Å². The molecular formula is C32H67NO4. The molecule has 0 fully saturated rings. The van der Waals surface area contributed by atoms with Gasteiger partial charge in [0.2, 0.25) is 0 Å². The summed E-state index contributed by atoms with van der Waals surface area (Å²) < 4.78 is 22.1. The Kier molecular flexibility index (Phi) is 33.6. The fraction of sp³-hybridized carbons (Fsp3) is 1.00. The molecule has 0 rings (SSSR count). The highest BCUT2D eigenvalue weighted by molar-refractivity contribution is 4.60. The molecule has 0 radical (unpaired) electrons. The molecule has 0 aliphatic heterocycles. The summed E-state index contributed by atoms with van der Waals surface area (Å²) in [7, 11) is 1.73.